The van der Waals surface area contributed by atoms with E-state index in [4.69, 9.17) is 0 Å². The summed E-state index contributed by atoms with van der Waals surface area (Å²) in [6, 6.07) is 52.6. The largest absolute Gasteiger partial charge is 0.311 e. The van der Waals surface area contributed by atoms with Crippen LogP contribution in [0.5, 0.6) is 0 Å². The highest BCUT2D eigenvalue weighted by Crippen LogP contribution is 2.55. The Bertz CT molecular complexity index is 2890. The van der Waals surface area contributed by atoms with Gasteiger partial charge in [-0.3, -0.25) is 0 Å². The predicted molar refractivity (Wildman–Crippen MR) is 250 cm³/mol. The normalized spacial score (nSPS) is 18.3. The van der Waals surface area contributed by atoms with Crippen molar-refractivity contribution in [3.05, 3.63) is 191 Å². The fourth-order valence-electron chi connectivity index (χ4n) is 11.2. The summed E-state index contributed by atoms with van der Waals surface area (Å²) in [4.78, 5) is 2.49. The first kappa shape index (κ1) is 36.0. The van der Waals surface area contributed by atoms with Gasteiger partial charge in [-0.15, -0.1) is 0 Å². The molecule has 59 heavy (non-hydrogen) atoms. The van der Waals surface area contributed by atoms with Crippen LogP contribution in [0.2, 0.25) is 0 Å². The Kier molecular flexibility index (Phi) is 8.21. The van der Waals surface area contributed by atoms with E-state index in [0.29, 0.717) is 5.92 Å². The summed E-state index contributed by atoms with van der Waals surface area (Å²) in [6.07, 6.45) is 13.3. The van der Waals surface area contributed by atoms with Crippen molar-refractivity contribution in [3.63, 3.8) is 0 Å². The monoisotopic (exact) mass is 764 g/mol. The summed E-state index contributed by atoms with van der Waals surface area (Å²) < 4.78 is 2.51. The molecule has 11 rings (SSSR count). The fraction of sp³-hybridized carbons (Fsp3) is 0.228. The SMILES string of the molecule is CC1C=C(N(c2ccc(-c3ccc4c(c3)c3c(n4-c4ccc(-c5ccccc5)cc4)-c4ccccc4C3(C)C)cc2)c2ccc3c(c2)C(C)(C)C2=C3CCCC2)C=CC1. The summed E-state index contributed by atoms with van der Waals surface area (Å²) in [6.45, 7) is 12.0. The summed E-state index contributed by atoms with van der Waals surface area (Å²) in [5, 5.41) is 1.32. The van der Waals surface area contributed by atoms with Crippen LogP contribution >= 0.6 is 0 Å². The van der Waals surface area contributed by atoms with E-state index in [2.05, 4.69) is 202 Å². The van der Waals surface area contributed by atoms with Crippen LogP contribution in [0.15, 0.2) is 169 Å². The molecule has 0 fully saturated rings. The molecule has 0 spiro atoms. The van der Waals surface area contributed by atoms with Crippen LogP contribution in [0.4, 0.5) is 11.4 Å². The van der Waals surface area contributed by atoms with Crippen molar-refractivity contribution in [2.45, 2.75) is 77.6 Å². The Morgan fingerprint density at radius 1 is 0.593 bits per heavy atom. The number of fused-ring (bicyclic) bond motifs is 7. The van der Waals surface area contributed by atoms with Crippen LogP contribution < -0.4 is 4.90 Å². The van der Waals surface area contributed by atoms with E-state index in [1.54, 1.807) is 11.1 Å². The molecule has 0 amide bonds. The van der Waals surface area contributed by atoms with Crippen LogP contribution in [0, 0.1) is 5.92 Å². The maximum absolute atomic E-state index is 2.51. The van der Waals surface area contributed by atoms with Crippen LogP contribution in [0.1, 0.15) is 89.0 Å². The van der Waals surface area contributed by atoms with E-state index in [0.717, 1.165) is 6.42 Å². The minimum Gasteiger partial charge on any atom is -0.311 e. The first-order valence-electron chi connectivity index (χ1n) is 21.8. The van der Waals surface area contributed by atoms with Gasteiger partial charge < -0.3 is 9.47 Å². The lowest BCUT2D eigenvalue weighted by atomic mass is 9.77. The van der Waals surface area contributed by atoms with Crippen molar-refractivity contribution in [3.8, 4) is 39.2 Å². The molecule has 7 aromatic rings. The van der Waals surface area contributed by atoms with E-state index < -0.39 is 0 Å². The molecule has 0 bridgehead atoms. The van der Waals surface area contributed by atoms with Crippen LogP contribution in [0.25, 0.3) is 55.7 Å². The molecule has 6 aromatic carbocycles. The number of hydrogen-bond acceptors (Lipinski definition) is 1. The Labute approximate surface area is 349 Å². The van der Waals surface area contributed by atoms with Crippen molar-refractivity contribution in [2.75, 3.05) is 4.90 Å². The molecule has 1 heterocycles. The zero-order valence-corrected chi connectivity index (χ0v) is 35.0. The molecule has 290 valence electrons. The number of anilines is 2. The second-order valence-corrected chi connectivity index (χ2v) is 18.5. The number of hydrogen-bond donors (Lipinski definition) is 0. The minimum absolute atomic E-state index is 0.0695. The highest BCUT2D eigenvalue weighted by molar-refractivity contribution is 6.01. The number of allylic oxidation sites excluding steroid dienone is 5. The average Bonchev–Trinajstić information content (AvgIpc) is 3.82. The van der Waals surface area contributed by atoms with E-state index in [1.165, 1.54) is 115 Å². The lowest BCUT2D eigenvalue weighted by molar-refractivity contribution is 0.574. The Hall–Kier alpha value is -6.12. The number of aromatic nitrogens is 1. The third-order valence-corrected chi connectivity index (χ3v) is 14.1. The van der Waals surface area contributed by atoms with Gasteiger partial charge in [0.05, 0.1) is 11.2 Å². The van der Waals surface area contributed by atoms with Gasteiger partial charge in [0.25, 0.3) is 0 Å². The van der Waals surface area contributed by atoms with Gasteiger partial charge in [0.15, 0.2) is 0 Å². The van der Waals surface area contributed by atoms with Gasteiger partial charge in [0.2, 0.25) is 0 Å². The second kappa shape index (κ2) is 13.5. The first-order chi connectivity index (χ1) is 28.7. The second-order valence-electron chi connectivity index (χ2n) is 18.5. The third-order valence-electron chi connectivity index (χ3n) is 14.1. The maximum atomic E-state index is 2.51. The molecule has 4 aliphatic rings. The molecular weight excluding hydrogens is 713 g/mol. The fourth-order valence-corrected chi connectivity index (χ4v) is 11.2. The lowest BCUT2D eigenvalue weighted by Gasteiger charge is -2.31. The molecule has 0 N–H and O–H groups in total. The van der Waals surface area contributed by atoms with Gasteiger partial charge in [0.1, 0.15) is 0 Å². The van der Waals surface area contributed by atoms with E-state index in [9.17, 15) is 0 Å². The first-order valence-corrected chi connectivity index (χ1v) is 21.8. The van der Waals surface area contributed by atoms with E-state index >= 15 is 0 Å². The molecule has 4 aliphatic carbocycles. The molecule has 0 saturated carbocycles. The molecule has 0 radical (unpaired) electrons. The van der Waals surface area contributed by atoms with Crippen molar-refractivity contribution in [1.82, 2.24) is 4.57 Å². The predicted octanol–water partition coefficient (Wildman–Crippen LogP) is 15.5. The van der Waals surface area contributed by atoms with Crippen LogP contribution in [-0.2, 0) is 10.8 Å². The van der Waals surface area contributed by atoms with Crippen molar-refractivity contribution < 1.29 is 0 Å². The summed E-state index contributed by atoms with van der Waals surface area (Å²) in [5.74, 6) is 0.495. The van der Waals surface area contributed by atoms with E-state index in [1.807, 2.05) is 0 Å². The van der Waals surface area contributed by atoms with Crippen LogP contribution in [0.3, 0.4) is 0 Å². The molecule has 0 saturated heterocycles. The molecule has 1 unspecified atom stereocenters. The topological polar surface area (TPSA) is 8.17 Å². The summed E-state index contributed by atoms with van der Waals surface area (Å²) >= 11 is 0. The minimum atomic E-state index is -0.139. The summed E-state index contributed by atoms with van der Waals surface area (Å²) in [5.41, 5.74) is 22.7. The Morgan fingerprint density at radius 2 is 1.27 bits per heavy atom. The Morgan fingerprint density at radius 3 is 2.07 bits per heavy atom. The van der Waals surface area contributed by atoms with Gasteiger partial charge in [0, 0.05) is 44.5 Å². The molecule has 1 atom stereocenters. The van der Waals surface area contributed by atoms with Crippen molar-refractivity contribution in [1.29, 1.82) is 0 Å². The smallest absolute Gasteiger partial charge is 0.0584 e. The molecule has 2 nitrogen and oxygen atoms in total. The highest BCUT2D eigenvalue weighted by atomic mass is 15.1. The molecule has 1 aromatic heterocycles. The van der Waals surface area contributed by atoms with Gasteiger partial charge in [-0.2, -0.15) is 0 Å². The molecule has 0 aliphatic heterocycles. The Balaban J connectivity index is 1.01. The number of benzene rings is 6. The summed E-state index contributed by atoms with van der Waals surface area (Å²) in [7, 11) is 0. The van der Waals surface area contributed by atoms with Gasteiger partial charge in [-0.25, -0.2) is 0 Å². The average molecular weight is 765 g/mol. The quantitative estimate of drug-likeness (QED) is 0.164. The molecule has 2 heteroatoms. The number of rotatable bonds is 6. The lowest BCUT2D eigenvalue weighted by Crippen LogP contribution is -2.21. The zero-order chi connectivity index (χ0) is 40.0. The van der Waals surface area contributed by atoms with Crippen molar-refractivity contribution in [2.24, 2.45) is 5.92 Å². The maximum Gasteiger partial charge on any atom is 0.0584 e. The van der Waals surface area contributed by atoms with Gasteiger partial charge >= 0.3 is 0 Å². The van der Waals surface area contributed by atoms with Crippen molar-refractivity contribution >= 4 is 27.9 Å². The standard InChI is InChI=1S/C57H52N2/c1-37-14-13-17-44(34-37)58(45-31-32-47-46-18-9-11-20-50(46)56(2,3)52(47)36-45)42-27-24-40(25-28-42)41-26-33-53-49(35-41)54-55(48-19-10-12-21-51(48)57(54,4)5)59(53)43-29-22-39(23-30-43)38-15-7-6-8-16-38/h6-8,10,12-13,15-17,19,21-37H,9,11,14,18,20H2,1-5H3. The van der Waals surface area contributed by atoms with Crippen LogP contribution in [-0.4, -0.2) is 4.57 Å². The van der Waals surface area contributed by atoms with E-state index in [-0.39, 0.29) is 10.8 Å². The zero-order valence-electron chi connectivity index (χ0n) is 35.0. The number of nitrogens with zero attached hydrogens (tertiary/aromatic N) is 2. The van der Waals surface area contributed by atoms with Gasteiger partial charge in [-0.05, 0) is 143 Å². The van der Waals surface area contributed by atoms with Gasteiger partial charge in [-0.1, -0.05) is 143 Å². The third kappa shape index (κ3) is 5.60. The highest BCUT2D eigenvalue weighted by Gasteiger charge is 2.41. The molecular formula is C57H52N2.